The number of hydrogen-bond acceptors (Lipinski definition) is 3. The van der Waals surface area contributed by atoms with Gasteiger partial charge < -0.3 is 5.32 Å². The summed E-state index contributed by atoms with van der Waals surface area (Å²) >= 11 is 0. The summed E-state index contributed by atoms with van der Waals surface area (Å²) in [5, 5.41) is 5.71. The zero-order valence-corrected chi connectivity index (χ0v) is 15.5. The number of amides is 2. The molecular formula is C21H28N4O. The molecule has 0 saturated carbocycles. The van der Waals surface area contributed by atoms with Crippen LogP contribution in [0.15, 0.2) is 42.6 Å². The van der Waals surface area contributed by atoms with Crippen LogP contribution in [0.2, 0.25) is 0 Å². The average molecular weight is 352 g/mol. The summed E-state index contributed by atoms with van der Waals surface area (Å²) in [6.45, 7) is 5.80. The number of pyridine rings is 1. The van der Waals surface area contributed by atoms with Crippen LogP contribution in [0.4, 0.5) is 10.6 Å². The molecule has 1 fully saturated rings. The highest BCUT2D eigenvalue weighted by Gasteiger charge is 2.10. The van der Waals surface area contributed by atoms with Crippen molar-refractivity contribution in [2.75, 3.05) is 18.4 Å². The van der Waals surface area contributed by atoms with Crippen LogP contribution >= 0.6 is 0 Å². The lowest BCUT2D eigenvalue weighted by Crippen LogP contribution is -2.29. The third-order valence-electron chi connectivity index (χ3n) is 4.79. The maximum Gasteiger partial charge on any atom is 0.320 e. The lowest BCUT2D eigenvalue weighted by molar-refractivity contribution is 0.251. The molecule has 1 aliphatic heterocycles. The van der Waals surface area contributed by atoms with Crippen LogP contribution in [-0.4, -0.2) is 29.0 Å². The molecule has 1 aromatic heterocycles. The van der Waals surface area contributed by atoms with E-state index in [4.69, 9.17) is 0 Å². The van der Waals surface area contributed by atoms with Gasteiger partial charge in [-0.2, -0.15) is 0 Å². The largest absolute Gasteiger partial charge is 0.334 e. The van der Waals surface area contributed by atoms with Crippen LogP contribution in [0.1, 0.15) is 42.4 Å². The number of benzene rings is 1. The number of likely N-dealkylation sites (tertiary alicyclic amines) is 1. The zero-order valence-electron chi connectivity index (χ0n) is 15.5. The molecule has 2 aromatic rings. The fourth-order valence-electron chi connectivity index (χ4n) is 3.34. The number of aryl methyl sites for hydroxylation is 1. The molecule has 2 N–H and O–H groups in total. The van der Waals surface area contributed by atoms with Crippen LogP contribution in [0.5, 0.6) is 0 Å². The van der Waals surface area contributed by atoms with E-state index in [2.05, 4.69) is 44.8 Å². The summed E-state index contributed by atoms with van der Waals surface area (Å²) in [7, 11) is 0. The Morgan fingerprint density at radius 3 is 2.62 bits per heavy atom. The Hall–Kier alpha value is -2.40. The summed E-state index contributed by atoms with van der Waals surface area (Å²) in [4.78, 5) is 18.8. The molecule has 2 amide bonds. The summed E-state index contributed by atoms with van der Waals surface area (Å²) < 4.78 is 0. The summed E-state index contributed by atoms with van der Waals surface area (Å²) in [6, 6.07) is 12.0. The number of carbonyl (C=O) groups excluding carboxylic acids is 1. The molecule has 5 heteroatoms. The first kappa shape index (κ1) is 18.4. The van der Waals surface area contributed by atoms with Crippen molar-refractivity contribution in [1.82, 2.24) is 15.2 Å². The molecule has 5 nitrogen and oxygen atoms in total. The SMILES string of the molecule is Cc1cccnc1NC(=O)NCc1cccc(CN2CCCCCC2)c1. The Morgan fingerprint density at radius 2 is 1.85 bits per heavy atom. The first-order chi connectivity index (χ1) is 12.7. The van der Waals surface area contributed by atoms with Crippen LogP contribution in [0.3, 0.4) is 0 Å². The molecule has 2 heterocycles. The van der Waals surface area contributed by atoms with Gasteiger partial charge in [-0.05, 0) is 55.6 Å². The lowest BCUT2D eigenvalue weighted by atomic mass is 10.1. The number of nitrogens with one attached hydrogen (secondary N) is 2. The molecule has 1 saturated heterocycles. The van der Waals surface area contributed by atoms with Crippen molar-refractivity contribution >= 4 is 11.8 Å². The Balaban J connectivity index is 1.51. The van der Waals surface area contributed by atoms with Gasteiger partial charge in [0.15, 0.2) is 0 Å². The van der Waals surface area contributed by atoms with E-state index in [1.165, 1.54) is 44.3 Å². The van der Waals surface area contributed by atoms with Crippen molar-refractivity contribution in [2.24, 2.45) is 0 Å². The monoisotopic (exact) mass is 352 g/mol. The first-order valence-corrected chi connectivity index (χ1v) is 9.47. The Bertz CT molecular complexity index is 723. The van der Waals surface area contributed by atoms with E-state index in [1.807, 2.05) is 19.1 Å². The maximum atomic E-state index is 12.1. The van der Waals surface area contributed by atoms with Crippen molar-refractivity contribution in [3.8, 4) is 0 Å². The third-order valence-corrected chi connectivity index (χ3v) is 4.79. The van der Waals surface area contributed by atoms with Gasteiger partial charge in [-0.3, -0.25) is 10.2 Å². The van der Waals surface area contributed by atoms with E-state index < -0.39 is 0 Å². The fourth-order valence-corrected chi connectivity index (χ4v) is 3.34. The minimum atomic E-state index is -0.232. The number of anilines is 1. The molecule has 0 aliphatic carbocycles. The average Bonchev–Trinajstić information content (AvgIpc) is 2.91. The minimum Gasteiger partial charge on any atom is -0.334 e. The Morgan fingerprint density at radius 1 is 1.08 bits per heavy atom. The molecular weight excluding hydrogens is 324 g/mol. The van der Waals surface area contributed by atoms with Gasteiger partial charge in [0.25, 0.3) is 0 Å². The third kappa shape index (κ3) is 5.56. The molecule has 3 rings (SSSR count). The van der Waals surface area contributed by atoms with Crippen LogP contribution in [-0.2, 0) is 13.1 Å². The number of aromatic nitrogens is 1. The van der Waals surface area contributed by atoms with Crippen LogP contribution in [0, 0.1) is 6.92 Å². The van der Waals surface area contributed by atoms with E-state index in [9.17, 15) is 4.79 Å². The van der Waals surface area contributed by atoms with Crippen molar-refractivity contribution in [3.63, 3.8) is 0 Å². The van der Waals surface area contributed by atoms with Gasteiger partial charge >= 0.3 is 6.03 Å². The fraction of sp³-hybridized carbons (Fsp3) is 0.429. The number of nitrogens with zero attached hydrogens (tertiary/aromatic N) is 2. The first-order valence-electron chi connectivity index (χ1n) is 9.47. The normalized spacial score (nSPS) is 15.3. The highest BCUT2D eigenvalue weighted by molar-refractivity contribution is 5.88. The second-order valence-corrected chi connectivity index (χ2v) is 6.99. The van der Waals surface area contributed by atoms with Crippen molar-refractivity contribution in [1.29, 1.82) is 0 Å². The molecule has 1 aromatic carbocycles. The topological polar surface area (TPSA) is 57.3 Å². The van der Waals surface area contributed by atoms with E-state index >= 15 is 0 Å². The lowest BCUT2D eigenvalue weighted by Gasteiger charge is -2.20. The van der Waals surface area contributed by atoms with Gasteiger partial charge in [0.2, 0.25) is 0 Å². The Kier molecular flexibility index (Phi) is 6.61. The van der Waals surface area contributed by atoms with Crippen LogP contribution in [0.25, 0.3) is 0 Å². The number of urea groups is 1. The van der Waals surface area contributed by atoms with Gasteiger partial charge in [0.05, 0.1) is 0 Å². The number of hydrogen-bond donors (Lipinski definition) is 2. The predicted octanol–water partition coefficient (Wildman–Crippen LogP) is 4.09. The Labute approximate surface area is 155 Å². The second-order valence-electron chi connectivity index (χ2n) is 6.99. The van der Waals surface area contributed by atoms with Gasteiger partial charge in [-0.1, -0.05) is 43.2 Å². The molecule has 138 valence electrons. The standard InChI is InChI=1S/C21H28N4O/c1-17-8-7-11-22-20(17)24-21(26)23-15-18-9-6-10-19(14-18)16-25-12-4-2-3-5-13-25/h6-11,14H,2-5,12-13,15-16H2,1H3,(H2,22,23,24,26). The van der Waals surface area contributed by atoms with Crippen molar-refractivity contribution < 1.29 is 4.79 Å². The maximum absolute atomic E-state index is 12.1. The van der Waals surface area contributed by atoms with Crippen molar-refractivity contribution in [3.05, 3.63) is 59.3 Å². The quantitative estimate of drug-likeness (QED) is 0.852. The summed E-state index contributed by atoms with van der Waals surface area (Å²) in [6.07, 6.45) is 6.98. The molecule has 0 unspecified atom stereocenters. The zero-order chi connectivity index (χ0) is 18.2. The molecule has 1 aliphatic rings. The summed E-state index contributed by atoms with van der Waals surface area (Å²) in [5.41, 5.74) is 3.37. The van der Waals surface area contributed by atoms with Gasteiger partial charge in [0, 0.05) is 19.3 Å². The highest BCUT2D eigenvalue weighted by Crippen LogP contribution is 2.14. The molecule has 0 bridgehead atoms. The minimum absolute atomic E-state index is 0.232. The van der Waals surface area contributed by atoms with E-state index in [-0.39, 0.29) is 6.03 Å². The number of rotatable bonds is 5. The van der Waals surface area contributed by atoms with Crippen LogP contribution < -0.4 is 10.6 Å². The summed E-state index contributed by atoms with van der Waals surface area (Å²) in [5.74, 6) is 0.597. The van der Waals surface area contributed by atoms with Gasteiger partial charge in [-0.25, -0.2) is 9.78 Å². The van der Waals surface area contributed by atoms with Crippen molar-refractivity contribution in [2.45, 2.75) is 45.7 Å². The van der Waals surface area contributed by atoms with Gasteiger partial charge in [0.1, 0.15) is 5.82 Å². The van der Waals surface area contributed by atoms with Gasteiger partial charge in [-0.15, -0.1) is 0 Å². The van der Waals surface area contributed by atoms with E-state index in [1.54, 1.807) is 6.20 Å². The molecule has 0 spiro atoms. The molecule has 0 radical (unpaired) electrons. The predicted molar refractivity (Wildman–Crippen MR) is 105 cm³/mol. The second kappa shape index (κ2) is 9.34. The van der Waals surface area contributed by atoms with E-state index in [0.29, 0.717) is 12.4 Å². The highest BCUT2D eigenvalue weighted by atomic mass is 16.2. The number of carbonyl (C=O) groups is 1. The molecule has 0 atom stereocenters. The van der Waals surface area contributed by atoms with E-state index in [0.717, 1.165) is 17.7 Å². The smallest absolute Gasteiger partial charge is 0.320 e. The molecule has 26 heavy (non-hydrogen) atoms.